The van der Waals surface area contributed by atoms with E-state index in [1.807, 2.05) is 68.8 Å². The van der Waals surface area contributed by atoms with Crippen molar-refractivity contribution in [2.75, 3.05) is 18.2 Å². The van der Waals surface area contributed by atoms with E-state index in [1.54, 1.807) is 19.2 Å². The van der Waals surface area contributed by atoms with Crippen LogP contribution in [0.2, 0.25) is 0 Å². The van der Waals surface area contributed by atoms with Gasteiger partial charge in [-0.05, 0) is 42.7 Å². The number of methoxy groups -OCH3 is 1. The molecule has 0 saturated carbocycles. The average molecular weight is 468 g/mol. The van der Waals surface area contributed by atoms with E-state index < -0.39 is 0 Å². The Labute approximate surface area is 198 Å². The molecule has 0 aliphatic carbocycles. The van der Waals surface area contributed by atoms with Gasteiger partial charge in [-0.25, -0.2) is 0 Å². The minimum absolute atomic E-state index is 0.0931. The molecule has 0 bridgehead atoms. The number of benzene rings is 2. The van der Waals surface area contributed by atoms with Crippen LogP contribution in [0.3, 0.4) is 0 Å². The second-order valence-electron chi connectivity index (χ2n) is 8.00. The summed E-state index contributed by atoms with van der Waals surface area (Å²) in [5.74, 6) is 1.15. The predicted octanol–water partition coefficient (Wildman–Crippen LogP) is 3.99. The van der Waals surface area contributed by atoms with Crippen molar-refractivity contribution in [1.82, 2.24) is 20.1 Å². The number of carbonyl (C=O) groups is 2. The first-order valence-corrected chi connectivity index (χ1v) is 11.6. The number of anilines is 1. The molecule has 9 heteroatoms. The molecule has 0 fully saturated rings. The molecule has 1 atom stereocenters. The molecule has 1 heterocycles. The predicted molar refractivity (Wildman–Crippen MR) is 130 cm³/mol. The van der Waals surface area contributed by atoms with Gasteiger partial charge < -0.3 is 19.9 Å². The fourth-order valence-corrected chi connectivity index (χ4v) is 4.02. The van der Waals surface area contributed by atoms with Gasteiger partial charge in [0.2, 0.25) is 5.91 Å². The summed E-state index contributed by atoms with van der Waals surface area (Å²) in [4.78, 5) is 25.2. The lowest BCUT2D eigenvalue weighted by Gasteiger charge is -2.21. The SMILES string of the molecule is COc1ccc(C)cc1NC(=O)CSc1nnc([C@H](NC(=O)c2ccccc2)C(C)C)n1C. The minimum Gasteiger partial charge on any atom is -0.495 e. The third kappa shape index (κ3) is 6.13. The summed E-state index contributed by atoms with van der Waals surface area (Å²) >= 11 is 1.28. The molecule has 0 radical (unpaired) electrons. The van der Waals surface area contributed by atoms with E-state index in [0.29, 0.717) is 28.0 Å². The molecule has 2 amide bonds. The fraction of sp³-hybridized carbons (Fsp3) is 0.333. The van der Waals surface area contributed by atoms with Crippen molar-refractivity contribution >= 4 is 29.3 Å². The van der Waals surface area contributed by atoms with Crippen molar-refractivity contribution in [2.24, 2.45) is 13.0 Å². The van der Waals surface area contributed by atoms with Gasteiger partial charge in [0, 0.05) is 12.6 Å². The Morgan fingerprint density at radius 2 is 1.85 bits per heavy atom. The molecule has 2 N–H and O–H groups in total. The van der Waals surface area contributed by atoms with Crippen molar-refractivity contribution in [3.05, 3.63) is 65.5 Å². The molecule has 8 nitrogen and oxygen atoms in total. The maximum absolute atomic E-state index is 12.7. The van der Waals surface area contributed by atoms with Crippen LogP contribution in [0.1, 0.15) is 41.6 Å². The number of nitrogens with zero attached hydrogens (tertiary/aromatic N) is 3. The number of hydrogen-bond donors (Lipinski definition) is 2. The summed E-state index contributed by atoms with van der Waals surface area (Å²) in [6.07, 6.45) is 0. The molecule has 1 aromatic heterocycles. The van der Waals surface area contributed by atoms with E-state index in [0.717, 1.165) is 5.56 Å². The molecule has 33 heavy (non-hydrogen) atoms. The summed E-state index contributed by atoms with van der Waals surface area (Å²) in [6, 6.07) is 14.4. The molecule has 3 rings (SSSR count). The van der Waals surface area contributed by atoms with Crippen molar-refractivity contribution in [1.29, 1.82) is 0 Å². The Kier molecular flexibility index (Phi) is 8.11. The topological polar surface area (TPSA) is 98.1 Å². The van der Waals surface area contributed by atoms with Gasteiger partial charge in [0.15, 0.2) is 11.0 Å². The molecule has 2 aromatic carbocycles. The smallest absolute Gasteiger partial charge is 0.251 e. The summed E-state index contributed by atoms with van der Waals surface area (Å²) in [5.41, 5.74) is 2.24. The molecule has 0 aliphatic heterocycles. The summed E-state index contributed by atoms with van der Waals surface area (Å²) in [5, 5.41) is 15.1. The Bertz CT molecular complexity index is 1110. The van der Waals surface area contributed by atoms with Gasteiger partial charge in [-0.15, -0.1) is 10.2 Å². The van der Waals surface area contributed by atoms with Crippen LogP contribution in [0.25, 0.3) is 0 Å². The first-order valence-electron chi connectivity index (χ1n) is 10.6. The number of carbonyl (C=O) groups excluding carboxylic acids is 2. The van der Waals surface area contributed by atoms with Crippen LogP contribution in [-0.4, -0.2) is 39.4 Å². The van der Waals surface area contributed by atoms with E-state index in [1.165, 1.54) is 11.8 Å². The van der Waals surface area contributed by atoms with Crippen LogP contribution in [0, 0.1) is 12.8 Å². The Morgan fingerprint density at radius 3 is 2.52 bits per heavy atom. The Morgan fingerprint density at radius 1 is 1.12 bits per heavy atom. The number of amides is 2. The monoisotopic (exact) mass is 467 g/mol. The van der Waals surface area contributed by atoms with Gasteiger partial charge in [-0.2, -0.15) is 0 Å². The first-order chi connectivity index (χ1) is 15.8. The number of hydrogen-bond acceptors (Lipinski definition) is 6. The van der Waals surface area contributed by atoms with Crippen molar-refractivity contribution in [2.45, 2.75) is 32.0 Å². The number of thioether (sulfide) groups is 1. The zero-order valence-corrected chi connectivity index (χ0v) is 20.3. The van der Waals surface area contributed by atoms with Gasteiger partial charge in [-0.3, -0.25) is 9.59 Å². The Balaban J connectivity index is 1.67. The maximum atomic E-state index is 12.7. The third-order valence-electron chi connectivity index (χ3n) is 5.10. The van der Waals surface area contributed by atoms with E-state index >= 15 is 0 Å². The number of aromatic nitrogens is 3. The van der Waals surface area contributed by atoms with Crippen molar-refractivity contribution < 1.29 is 14.3 Å². The second-order valence-corrected chi connectivity index (χ2v) is 8.94. The molecule has 174 valence electrons. The van der Waals surface area contributed by atoms with Crippen LogP contribution in [0.5, 0.6) is 5.75 Å². The summed E-state index contributed by atoms with van der Waals surface area (Å²) in [7, 11) is 3.40. The molecule has 0 saturated heterocycles. The van der Waals surface area contributed by atoms with Gasteiger partial charge >= 0.3 is 0 Å². The number of rotatable bonds is 9. The van der Waals surface area contributed by atoms with Crippen LogP contribution in [-0.2, 0) is 11.8 Å². The largest absolute Gasteiger partial charge is 0.495 e. The standard InChI is InChI=1S/C24H29N5O3S/c1-15(2)21(26-23(31)17-9-7-6-8-10-17)22-27-28-24(29(22)4)33-14-20(30)25-18-13-16(3)11-12-19(18)32-5/h6-13,15,21H,14H2,1-5H3,(H,25,30)(H,26,31)/t21-/m1/s1. The highest BCUT2D eigenvalue weighted by molar-refractivity contribution is 7.99. The fourth-order valence-electron chi connectivity index (χ4n) is 3.30. The van der Waals surface area contributed by atoms with Crippen LogP contribution >= 0.6 is 11.8 Å². The van der Waals surface area contributed by atoms with E-state index in [9.17, 15) is 9.59 Å². The number of ether oxygens (including phenoxy) is 1. The highest BCUT2D eigenvalue weighted by Crippen LogP contribution is 2.27. The second kappa shape index (κ2) is 11.0. The van der Waals surface area contributed by atoms with Crippen molar-refractivity contribution in [3.8, 4) is 5.75 Å². The molecule has 0 aliphatic rings. The molecular formula is C24H29N5O3S. The van der Waals surface area contributed by atoms with Gasteiger partial charge in [-0.1, -0.05) is 49.9 Å². The molecular weight excluding hydrogens is 438 g/mol. The van der Waals surface area contributed by atoms with Crippen LogP contribution in [0.15, 0.2) is 53.7 Å². The molecule has 3 aromatic rings. The highest BCUT2D eigenvalue weighted by atomic mass is 32.2. The normalized spacial score (nSPS) is 11.8. The highest BCUT2D eigenvalue weighted by Gasteiger charge is 2.25. The Hall–Kier alpha value is -3.33. The third-order valence-corrected chi connectivity index (χ3v) is 6.12. The summed E-state index contributed by atoms with van der Waals surface area (Å²) in [6.45, 7) is 5.98. The van der Waals surface area contributed by atoms with Gasteiger partial charge in [0.25, 0.3) is 5.91 Å². The average Bonchev–Trinajstić information content (AvgIpc) is 3.16. The van der Waals surface area contributed by atoms with E-state index in [-0.39, 0.29) is 29.5 Å². The minimum atomic E-state index is -0.324. The maximum Gasteiger partial charge on any atom is 0.251 e. The zero-order chi connectivity index (χ0) is 24.0. The quantitative estimate of drug-likeness (QED) is 0.462. The van der Waals surface area contributed by atoms with E-state index in [2.05, 4.69) is 20.8 Å². The number of nitrogens with one attached hydrogen (secondary N) is 2. The van der Waals surface area contributed by atoms with Crippen molar-refractivity contribution in [3.63, 3.8) is 0 Å². The lowest BCUT2D eigenvalue weighted by atomic mass is 10.0. The zero-order valence-electron chi connectivity index (χ0n) is 19.5. The van der Waals surface area contributed by atoms with Gasteiger partial charge in [0.1, 0.15) is 5.75 Å². The molecule has 0 unspecified atom stereocenters. The van der Waals surface area contributed by atoms with E-state index in [4.69, 9.17) is 4.74 Å². The lowest BCUT2D eigenvalue weighted by molar-refractivity contribution is -0.113. The van der Waals surface area contributed by atoms with Crippen LogP contribution < -0.4 is 15.4 Å². The lowest BCUT2D eigenvalue weighted by Crippen LogP contribution is -2.33. The van der Waals surface area contributed by atoms with Gasteiger partial charge in [0.05, 0.1) is 24.6 Å². The molecule has 0 spiro atoms. The first kappa shape index (κ1) is 24.3. The van der Waals surface area contributed by atoms with Crippen LogP contribution in [0.4, 0.5) is 5.69 Å². The summed E-state index contributed by atoms with van der Waals surface area (Å²) < 4.78 is 7.14. The number of aryl methyl sites for hydroxylation is 1.